The summed E-state index contributed by atoms with van der Waals surface area (Å²) in [5.41, 5.74) is 0. The van der Waals surface area contributed by atoms with E-state index >= 15 is 0 Å². The number of aldehydes is 1. The second-order valence-corrected chi connectivity index (χ2v) is 5.78. The van der Waals surface area contributed by atoms with Gasteiger partial charge >= 0.3 is 5.97 Å². The van der Waals surface area contributed by atoms with Gasteiger partial charge in [0.2, 0.25) is 0 Å². The van der Waals surface area contributed by atoms with E-state index in [1.807, 2.05) is 11.8 Å². The second-order valence-electron chi connectivity index (χ2n) is 5.78. The number of esters is 1. The molecule has 120 valence electrons. The lowest BCUT2D eigenvalue weighted by Crippen LogP contribution is -2.61. The summed E-state index contributed by atoms with van der Waals surface area (Å²) >= 11 is 0. The van der Waals surface area contributed by atoms with Crippen LogP contribution in [0.2, 0.25) is 0 Å². The number of nitrogens with zero attached hydrogens (tertiary/aromatic N) is 1. The Bertz CT molecular complexity index is 359. The molecule has 3 atom stereocenters. The molecule has 0 saturated carbocycles. The van der Waals surface area contributed by atoms with Crippen molar-refractivity contribution < 1.29 is 24.2 Å². The molecule has 2 heterocycles. The lowest BCUT2D eigenvalue weighted by Gasteiger charge is -2.51. The Kier molecular flexibility index (Phi) is 5.72. The fraction of sp³-hybridized carbons (Fsp3) is 0.867. The van der Waals surface area contributed by atoms with Gasteiger partial charge in [0.1, 0.15) is 0 Å². The Morgan fingerprint density at radius 3 is 2.33 bits per heavy atom. The fourth-order valence-electron chi connectivity index (χ4n) is 3.69. The van der Waals surface area contributed by atoms with Crippen LogP contribution in [0.5, 0.6) is 0 Å². The number of carbonyl (C=O) groups is 2. The van der Waals surface area contributed by atoms with Crippen LogP contribution in [0.4, 0.5) is 0 Å². The molecule has 0 spiro atoms. The van der Waals surface area contributed by atoms with E-state index < -0.39 is 6.23 Å². The summed E-state index contributed by atoms with van der Waals surface area (Å²) in [5.74, 6) is -0.305. The van der Waals surface area contributed by atoms with Crippen LogP contribution in [-0.4, -0.2) is 59.9 Å². The van der Waals surface area contributed by atoms with Gasteiger partial charge in [0, 0.05) is 18.7 Å². The van der Waals surface area contributed by atoms with Crippen LogP contribution in [0.25, 0.3) is 0 Å². The first-order valence-corrected chi connectivity index (χ1v) is 7.79. The van der Waals surface area contributed by atoms with Gasteiger partial charge in [-0.1, -0.05) is 0 Å². The van der Waals surface area contributed by atoms with Gasteiger partial charge in [0.25, 0.3) is 0 Å². The number of aliphatic hydroxyl groups excluding tert-OH is 1. The van der Waals surface area contributed by atoms with Crippen LogP contribution in [0.1, 0.15) is 39.5 Å². The first-order chi connectivity index (χ1) is 10.1. The zero-order valence-electron chi connectivity index (χ0n) is 12.7. The van der Waals surface area contributed by atoms with Crippen LogP contribution in [0.15, 0.2) is 0 Å². The van der Waals surface area contributed by atoms with Gasteiger partial charge in [-0.05, 0) is 39.5 Å². The van der Waals surface area contributed by atoms with Gasteiger partial charge < -0.3 is 14.6 Å². The van der Waals surface area contributed by atoms with Crippen LogP contribution >= 0.6 is 0 Å². The van der Waals surface area contributed by atoms with E-state index in [-0.39, 0.29) is 30.1 Å². The molecule has 2 saturated heterocycles. The Hall–Kier alpha value is -0.980. The number of carbonyl (C=O) groups excluding carboxylic acids is 2. The molecule has 6 heteroatoms. The predicted octanol–water partition coefficient (Wildman–Crippen LogP) is 0.715. The molecule has 0 aromatic heterocycles. The lowest BCUT2D eigenvalue weighted by atomic mass is 9.77. The molecule has 2 fully saturated rings. The van der Waals surface area contributed by atoms with Crippen LogP contribution in [0.3, 0.4) is 0 Å². The largest absolute Gasteiger partial charge is 0.466 e. The summed E-state index contributed by atoms with van der Waals surface area (Å²) in [6, 6.07) is -0.0210. The van der Waals surface area contributed by atoms with E-state index in [9.17, 15) is 14.7 Å². The van der Waals surface area contributed by atoms with Crippen molar-refractivity contribution in [1.29, 1.82) is 0 Å². The fourth-order valence-corrected chi connectivity index (χ4v) is 3.69. The van der Waals surface area contributed by atoms with Gasteiger partial charge in [-0.25, -0.2) is 0 Å². The highest BCUT2D eigenvalue weighted by atomic mass is 16.5. The smallest absolute Gasteiger partial charge is 0.309 e. The number of rotatable bonds is 6. The minimum atomic E-state index is -0.583. The first kappa shape index (κ1) is 16.4. The minimum absolute atomic E-state index is 0.0105. The molecule has 0 aromatic rings. The van der Waals surface area contributed by atoms with E-state index in [4.69, 9.17) is 9.47 Å². The third-order valence-corrected chi connectivity index (χ3v) is 4.41. The van der Waals surface area contributed by atoms with E-state index in [0.717, 1.165) is 6.29 Å². The van der Waals surface area contributed by atoms with Gasteiger partial charge in [0.05, 0.1) is 18.6 Å². The Labute approximate surface area is 125 Å². The van der Waals surface area contributed by atoms with Gasteiger partial charge in [0.15, 0.2) is 12.5 Å². The molecule has 2 rings (SSSR count). The molecule has 2 aliphatic rings. The third-order valence-electron chi connectivity index (χ3n) is 4.41. The number of aliphatic hydroxyl groups is 1. The van der Waals surface area contributed by atoms with Crippen molar-refractivity contribution in [3.63, 3.8) is 0 Å². The molecule has 21 heavy (non-hydrogen) atoms. The maximum absolute atomic E-state index is 12.0. The molecule has 0 aliphatic carbocycles. The zero-order valence-corrected chi connectivity index (χ0v) is 12.7. The zero-order chi connectivity index (χ0) is 15.4. The van der Waals surface area contributed by atoms with E-state index in [2.05, 4.69) is 0 Å². The third kappa shape index (κ3) is 3.62. The highest BCUT2D eigenvalue weighted by molar-refractivity contribution is 5.72. The van der Waals surface area contributed by atoms with Crippen molar-refractivity contribution in [3.8, 4) is 0 Å². The summed E-state index contributed by atoms with van der Waals surface area (Å²) in [6.07, 6.45) is 2.24. The topological polar surface area (TPSA) is 76.1 Å². The Morgan fingerprint density at radius 2 is 1.86 bits per heavy atom. The molecule has 2 bridgehead atoms. The second kappa shape index (κ2) is 7.33. The summed E-state index contributed by atoms with van der Waals surface area (Å²) in [4.78, 5) is 25.3. The van der Waals surface area contributed by atoms with Gasteiger partial charge in [-0.3, -0.25) is 14.5 Å². The van der Waals surface area contributed by atoms with Crippen molar-refractivity contribution in [2.75, 3.05) is 13.2 Å². The molecule has 0 radical (unpaired) electrons. The molecular weight excluding hydrogens is 274 g/mol. The van der Waals surface area contributed by atoms with Gasteiger partial charge in [-0.2, -0.15) is 0 Å². The monoisotopic (exact) mass is 299 g/mol. The van der Waals surface area contributed by atoms with Crippen molar-refractivity contribution >= 4 is 12.3 Å². The van der Waals surface area contributed by atoms with E-state index in [1.165, 1.54) is 0 Å². The van der Waals surface area contributed by atoms with Gasteiger partial charge in [-0.15, -0.1) is 0 Å². The van der Waals surface area contributed by atoms with Crippen molar-refractivity contribution in [2.45, 2.75) is 63.9 Å². The average molecular weight is 299 g/mol. The number of fused-ring (bicyclic) bond motifs is 2. The summed E-state index contributed by atoms with van der Waals surface area (Å²) in [6.45, 7) is 4.50. The standard InChI is InChI=1S/C15H25NO5/c1-3-20-14(9-17)16-11-5-10(15(19)21-4-2)6-12(16)8-13(18)7-11/h9-14,18H,3-8H2,1-2H3. The summed E-state index contributed by atoms with van der Waals surface area (Å²) in [5, 5.41) is 9.97. The number of ether oxygens (including phenoxy) is 2. The Morgan fingerprint density at radius 1 is 1.24 bits per heavy atom. The predicted molar refractivity (Wildman–Crippen MR) is 75.5 cm³/mol. The maximum atomic E-state index is 12.0. The molecule has 1 N–H and O–H groups in total. The van der Waals surface area contributed by atoms with Crippen LogP contribution < -0.4 is 0 Å². The summed E-state index contributed by atoms with van der Waals surface area (Å²) < 4.78 is 10.6. The molecule has 0 amide bonds. The molecule has 6 nitrogen and oxygen atoms in total. The van der Waals surface area contributed by atoms with E-state index in [0.29, 0.717) is 38.9 Å². The number of piperidine rings is 2. The van der Waals surface area contributed by atoms with Crippen molar-refractivity contribution in [3.05, 3.63) is 0 Å². The molecule has 3 unspecified atom stereocenters. The quantitative estimate of drug-likeness (QED) is 0.575. The molecular formula is C15H25NO5. The highest BCUT2D eigenvalue weighted by Gasteiger charge is 2.46. The first-order valence-electron chi connectivity index (χ1n) is 7.79. The van der Waals surface area contributed by atoms with Crippen molar-refractivity contribution in [1.82, 2.24) is 4.90 Å². The summed E-state index contributed by atoms with van der Waals surface area (Å²) in [7, 11) is 0. The minimum Gasteiger partial charge on any atom is -0.466 e. The average Bonchev–Trinajstić information content (AvgIpc) is 2.44. The maximum Gasteiger partial charge on any atom is 0.309 e. The SMILES string of the molecule is CCOC(=O)C1CC2CC(O)CC(C1)N2C(C=O)OCC. The molecule has 2 aliphatic heterocycles. The lowest BCUT2D eigenvalue weighted by molar-refractivity contribution is -0.170. The molecule has 0 aromatic carbocycles. The van der Waals surface area contributed by atoms with Crippen LogP contribution in [-0.2, 0) is 19.1 Å². The normalized spacial score (nSPS) is 34.2. The number of hydrogen-bond donors (Lipinski definition) is 1. The highest BCUT2D eigenvalue weighted by Crippen LogP contribution is 2.38. The number of hydrogen-bond acceptors (Lipinski definition) is 6. The van der Waals surface area contributed by atoms with Crippen LogP contribution in [0, 0.1) is 5.92 Å². The van der Waals surface area contributed by atoms with Crippen molar-refractivity contribution in [2.24, 2.45) is 5.92 Å². The Balaban J connectivity index is 2.12. The van der Waals surface area contributed by atoms with E-state index in [1.54, 1.807) is 6.92 Å².